The van der Waals surface area contributed by atoms with Gasteiger partial charge in [0, 0.05) is 62.4 Å². The zero-order valence-corrected chi connectivity index (χ0v) is 32.3. The number of nitrogens with one attached hydrogen (secondary N) is 2. The van der Waals surface area contributed by atoms with E-state index in [1.165, 1.54) is 84.5 Å². The summed E-state index contributed by atoms with van der Waals surface area (Å²) >= 11 is 3.76. The minimum absolute atomic E-state index is 0.109. The van der Waals surface area contributed by atoms with Crippen molar-refractivity contribution in [3.63, 3.8) is 0 Å². The number of hydrogen-bond donors (Lipinski definition) is 2. The second-order valence-electron chi connectivity index (χ2n) is 14.8. The van der Waals surface area contributed by atoms with E-state index in [4.69, 9.17) is 4.99 Å². The zero-order valence-electron chi connectivity index (χ0n) is 30.7. The molecule has 4 nitrogen and oxygen atoms in total. The van der Waals surface area contributed by atoms with Gasteiger partial charge in [0.25, 0.3) is 0 Å². The van der Waals surface area contributed by atoms with Crippen LogP contribution in [0.1, 0.15) is 29.0 Å². The van der Waals surface area contributed by atoms with E-state index in [0.717, 1.165) is 17.0 Å². The van der Waals surface area contributed by atoms with Crippen LogP contribution in [-0.4, -0.2) is 10.4 Å². The van der Waals surface area contributed by atoms with Crippen LogP contribution in [-0.2, 0) is 0 Å². The summed E-state index contributed by atoms with van der Waals surface area (Å²) in [7, 11) is 0. The minimum atomic E-state index is -0.165. The zero-order chi connectivity index (χ0) is 37.5. The molecule has 4 heterocycles. The Morgan fingerprint density at radius 1 is 0.456 bits per heavy atom. The maximum atomic E-state index is 5.11. The molecule has 0 saturated carbocycles. The predicted octanol–water partition coefficient (Wildman–Crippen LogP) is 13.5. The summed E-state index contributed by atoms with van der Waals surface area (Å²) in [5.74, 6) is 0.895. The van der Waals surface area contributed by atoms with Gasteiger partial charge in [-0.05, 0) is 70.8 Å². The number of aromatic nitrogens is 1. The monoisotopic (exact) mass is 766 g/mol. The number of rotatable bonds is 5. The van der Waals surface area contributed by atoms with Crippen molar-refractivity contribution in [2.24, 2.45) is 4.99 Å². The van der Waals surface area contributed by atoms with Crippen LogP contribution in [0.3, 0.4) is 0 Å². The number of para-hydroxylation sites is 2. The van der Waals surface area contributed by atoms with Crippen LogP contribution in [0.2, 0.25) is 0 Å². The second kappa shape index (κ2) is 13.0. The molecule has 8 aromatic carbocycles. The fourth-order valence-corrected chi connectivity index (χ4v) is 11.1. The number of hydrogen-bond acceptors (Lipinski definition) is 5. The van der Waals surface area contributed by atoms with Crippen LogP contribution in [0.4, 0.5) is 0 Å². The van der Waals surface area contributed by atoms with Crippen LogP contribution < -0.4 is 10.6 Å². The van der Waals surface area contributed by atoms with Gasteiger partial charge in [-0.3, -0.25) is 5.32 Å². The topological polar surface area (TPSA) is 41.4 Å². The van der Waals surface area contributed by atoms with Crippen LogP contribution in [0, 0.1) is 0 Å². The quantitative estimate of drug-likeness (QED) is 0.183. The van der Waals surface area contributed by atoms with E-state index in [1.807, 2.05) is 28.7 Å². The van der Waals surface area contributed by atoms with E-state index >= 15 is 0 Å². The number of fused-ring (bicyclic) bond motifs is 9. The molecule has 2 unspecified atom stereocenters. The Labute approximate surface area is 337 Å². The van der Waals surface area contributed by atoms with Gasteiger partial charge in [0.1, 0.15) is 18.2 Å². The fraction of sp³-hybridized carbons (Fsp3) is 0.0392. The molecule has 0 fully saturated rings. The molecule has 0 aliphatic carbocycles. The van der Waals surface area contributed by atoms with Gasteiger partial charge in [-0.1, -0.05) is 133 Å². The lowest BCUT2D eigenvalue weighted by Gasteiger charge is -2.32. The van der Waals surface area contributed by atoms with Crippen molar-refractivity contribution in [1.82, 2.24) is 15.2 Å². The first-order valence-corrected chi connectivity index (χ1v) is 21.0. The Kier molecular flexibility index (Phi) is 7.45. The van der Waals surface area contributed by atoms with Gasteiger partial charge in [0.15, 0.2) is 0 Å². The maximum absolute atomic E-state index is 5.11. The van der Waals surface area contributed by atoms with E-state index in [1.54, 1.807) is 0 Å². The molecule has 3 aromatic heterocycles. The van der Waals surface area contributed by atoms with Crippen molar-refractivity contribution >= 4 is 90.7 Å². The Hall–Kier alpha value is -6.57. The lowest BCUT2D eigenvalue weighted by Crippen LogP contribution is -2.44. The molecule has 57 heavy (non-hydrogen) atoms. The number of amidine groups is 1. The summed E-state index contributed by atoms with van der Waals surface area (Å²) in [4.78, 5) is 5.11. The van der Waals surface area contributed by atoms with Crippen molar-refractivity contribution in [3.8, 4) is 16.8 Å². The molecule has 0 radical (unpaired) electrons. The highest BCUT2D eigenvalue weighted by Gasteiger charge is 2.26. The first-order valence-electron chi connectivity index (χ1n) is 19.3. The Bertz CT molecular complexity index is 3320. The molecule has 0 spiro atoms. The third-order valence-corrected chi connectivity index (χ3v) is 13.8. The normalized spacial score (nSPS) is 15.9. The molecular weight excluding hydrogens is 733 g/mol. The highest BCUT2D eigenvalue weighted by atomic mass is 32.1. The van der Waals surface area contributed by atoms with Crippen LogP contribution in [0.15, 0.2) is 187 Å². The highest BCUT2D eigenvalue weighted by molar-refractivity contribution is 7.26. The van der Waals surface area contributed by atoms with Gasteiger partial charge in [0.05, 0.1) is 11.0 Å². The average Bonchev–Trinajstić information content (AvgIpc) is 3.95. The van der Waals surface area contributed by atoms with Gasteiger partial charge in [-0.2, -0.15) is 0 Å². The fourth-order valence-electron chi connectivity index (χ4n) is 8.77. The molecule has 0 saturated heterocycles. The molecule has 1 aliphatic heterocycles. The molecule has 0 bridgehead atoms. The lowest BCUT2D eigenvalue weighted by molar-refractivity contribution is 0.409. The van der Waals surface area contributed by atoms with Gasteiger partial charge < -0.3 is 9.88 Å². The summed E-state index contributed by atoms with van der Waals surface area (Å²) in [6, 6.07) is 66.1. The van der Waals surface area contributed by atoms with E-state index in [2.05, 4.69) is 191 Å². The van der Waals surface area contributed by atoms with Gasteiger partial charge in [-0.15, -0.1) is 22.7 Å². The van der Waals surface area contributed by atoms with Gasteiger partial charge in [-0.25, -0.2) is 4.99 Å². The van der Waals surface area contributed by atoms with Crippen molar-refractivity contribution in [3.05, 3.63) is 199 Å². The number of aliphatic imine (C=N–C) groups is 1. The van der Waals surface area contributed by atoms with E-state index in [-0.39, 0.29) is 12.3 Å². The van der Waals surface area contributed by atoms with Crippen LogP contribution >= 0.6 is 22.7 Å². The minimum Gasteiger partial charge on any atom is -0.350 e. The van der Waals surface area contributed by atoms with E-state index in [9.17, 15) is 0 Å². The van der Waals surface area contributed by atoms with Crippen molar-refractivity contribution in [2.45, 2.75) is 12.3 Å². The molecule has 2 atom stereocenters. The lowest BCUT2D eigenvalue weighted by atomic mass is 10.0. The molecule has 11 aromatic rings. The van der Waals surface area contributed by atoms with Crippen LogP contribution in [0.5, 0.6) is 0 Å². The van der Waals surface area contributed by atoms with E-state index in [0.29, 0.717) is 0 Å². The number of nitrogens with zero attached hydrogens (tertiary/aromatic N) is 2. The largest absolute Gasteiger partial charge is 0.350 e. The number of benzene rings is 8. The molecule has 2 N–H and O–H groups in total. The molecule has 6 heteroatoms. The summed E-state index contributed by atoms with van der Waals surface area (Å²) in [6.07, 6.45) is -0.274. The Morgan fingerprint density at radius 3 is 1.95 bits per heavy atom. The number of thiophene rings is 2. The summed E-state index contributed by atoms with van der Waals surface area (Å²) in [5, 5.41) is 15.2. The maximum Gasteiger partial charge on any atom is 0.131 e. The molecule has 1 aliphatic rings. The SMILES string of the molecule is c1ccc(C2=NC(c3ccccc3)NC(c3ccc4sc5cc(-c6cccc7c6sc6ccc(-n8c9ccccc9c9ccccc98)cc67)ccc5c4c3)N2)cc1. The van der Waals surface area contributed by atoms with Crippen molar-refractivity contribution < 1.29 is 0 Å². The van der Waals surface area contributed by atoms with Gasteiger partial charge in [0.2, 0.25) is 0 Å². The third kappa shape index (κ3) is 5.33. The predicted molar refractivity (Wildman–Crippen MR) is 243 cm³/mol. The molecule has 0 amide bonds. The van der Waals surface area contributed by atoms with Crippen LogP contribution in [0.25, 0.3) is 79.0 Å². The molecule has 270 valence electrons. The van der Waals surface area contributed by atoms with E-state index < -0.39 is 0 Å². The first-order chi connectivity index (χ1) is 28.2. The smallest absolute Gasteiger partial charge is 0.131 e. The Balaban J connectivity index is 0.922. The molecular formula is C51H34N4S2. The third-order valence-electron chi connectivity index (χ3n) is 11.5. The second-order valence-corrected chi connectivity index (χ2v) is 16.9. The summed E-state index contributed by atoms with van der Waals surface area (Å²) < 4.78 is 7.63. The standard InChI is InChI=1S/C51H34N4S2/c1-3-12-31(13-4-1)49-52-50(32-14-5-2-6-15-32)54-51(53-49)34-23-26-45-41(28-34)39-25-22-33(29-47(39)56-45)36-18-11-19-40-42-30-35(24-27-46(42)57-48(36)40)55-43-20-9-7-16-37(43)38-17-8-10-21-44(38)55/h1-30,49,51,53H,(H,52,54). The Morgan fingerprint density at radius 2 is 1.14 bits per heavy atom. The average molecular weight is 767 g/mol. The van der Waals surface area contributed by atoms with Crippen molar-refractivity contribution in [2.75, 3.05) is 0 Å². The first kappa shape index (κ1) is 32.7. The highest BCUT2D eigenvalue weighted by Crippen LogP contribution is 2.44. The van der Waals surface area contributed by atoms with Crippen molar-refractivity contribution in [1.29, 1.82) is 0 Å². The summed E-state index contributed by atoms with van der Waals surface area (Å²) in [5.41, 5.74) is 9.59. The summed E-state index contributed by atoms with van der Waals surface area (Å²) in [6.45, 7) is 0. The van der Waals surface area contributed by atoms with Gasteiger partial charge >= 0.3 is 0 Å². The molecule has 12 rings (SSSR count).